The molecule has 0 spiro atoms. The third-order valence-electron chi connectivity index (χ3n) is 4.87. The van der Waals surface area contributed by atoms with Crippen molar-refractivity contribution >= 4 is 16.9 Å². The highest BCUT2D eigenvalue weighted by molar-refractivity contribution is 6.04. The lowest BCUT2D eigenvalue weighted by atomic mass is 9.95. The second-order valence-electron chi connectivity index (χ2n) is 6.49. The molecule has 0 radical (unpaired) electrons. The molecule has 0 bridgehead atoms. The van der Waals surface area contributed by atoms with Gasteiger partial charge in [0.2, 0.25) is 5.89 Å². The van der Waals surface area contributed by atoms with Crippen molar-refractivity contribution < 1.29 is 13.9 Å². The number of nitrogens with zero attached hydrogens (tertiary/aromatic N) is 3. The molecule has 1 aliphatic rings. The fourth-order valence-electron chi connectivity index (χ4n) is 3.50. The summed E-state index contributed by atoms with van der Waals surface area (Å²) in [4.78, 5) is 25.7. The van der Waals surface area contributed by atoms with Crippen molar-refractivity contribution in [2.45, 2.75) is 12.3 Å². The molecule has 132 valence electrons. The Morgan fingerprint density at radius 2 is 2.11 bits per heavy atom. The van der Waals surface area contributed by atoms with Crippen LogP contribution in [0.3, 0.4) is 0 Å². The zero-order chi connectivity index (χ0) is 18.4. The predicted molar refractivity (Wildman–Crippen MR) is 98.8 cm³/mol. The van der Waals surface area contributed by atoms with E-state index in [1.165, 1.54) is 0 Å². The lowest BCUT2D eigenvalue weighted by molar-refractivity contribution is 0.0968. The Morgan fingerprint density at radius 1 is 1.19 bits per heavy atom. The van der Waals surface area contributed by atoms with Crippen LogP contribution in [0.5, 0.6) is 5.75 Å². The van der Waals surface area contributed by atoms with Crippen molar-refractivity contribution in [1.29, 1.82) is 0 Å². The van der Waals surface area contributed by atoms with Gasteiger partial charge in [-0.25, -0.2) is 9.97 Å². The number of hydrogen-bond donors (Lipinski definition) is 0. The molecule has 0 fully saturated rings. The Balaban J connectivity index is 1.51. The predicted octanol–water partition coefficient (Wildman–Crippen LogP) is 3.82. The first-order chi connectivity index (χ1) is 13.2. The summed E-state index contributed by atoms with van der Waals surface area (Å²) in [6.07, 6.45) is 5.61. The fraction of sp³-hybridized carbons (Fsp3) is 0.143. The highest BCUT2D eigenvalue weighted by Gasteiger charge is 2.33. The van der Waals surface area contributed by atoms with Gasteiger partial charge in [-0.3, -0.25) is 9.78 Å². The molecule has 1 atom stereocenters. The van der Waals surface area contributed by atoms with E-state index in [0.717, 1.165) is 22.2 Å². The van der Waals surface area contributed by atoms with Crippen molar-refractivity contribution in [1.82, 2.24) is 15.0 Å². The molecule has 0 aliphatic heterocycles. The van der Waals surface area contributed by atoms with E-state index in [4.69, 9.17) is 9.15 Å². The normalized spacial score (nSPS) is 15.9. The van der Waals surface area contributed by atoms with Crippen LogP contribution in [0.25, 0.3) is 22.6 Å². The molecule has 27 heavy (non-hydrogen) atoms. The lowest BCUT2D eigenvalue weighted by Crippen LogP contribution is -2.07. The quantitative estimate of drug-likeness (QED) is 0.555. The number of aromatic nitrogens is 3. The van der Waals surface area contributed by atoms with Gasteiger partial charge in [-0.15, -0.1) is 0 Å². The molecule has 3 aromatic heterocycles. The minimum absolute atomic E-state index is 0.0305. The van der Waals surface area contributed by atoms with Gasteiger partial charge in [0.25, 0.3) is 0 Å². The molecule has 0 saturated heterocycles. The number of rotatable bonds is 3. The van der Waals surface area contributed by atoms with Crippen LogP contribution in [-0.4, -0.2) is 27.8 Å². The molecule has 0 N–H and O–H groups in total. The van der Waals surface area contributed by atoms with Gasteiger partial charge in [0, 0.05) is 12.4 Å². The van der Waals surface area contributed by atoms with Crippen molar-refractivity contribution in [2.75, 3.05) is 7.11 Å². The van der Waals surface area contributed by atoms with Gasteiger partial charge >= 0.3 is 0 Å². The van der Waals surface area contributed by atoms with Crippen LogP contribution >= 0.6 is 0 Å². The summed E-state index contributed by atoms with van der Waals surface area (Å²) in [5.74, 6) is 0.948. The molecule has 6 nitrogen and oxygen atoms in total. The summed E-state index contributed by atoms with van der Waals surface area (Å²) >= 11 is 0. The molecule has 0 amide bonds. The number of oxazole rings is 1. The zero-order valence-electron chi connectivity index (χ0n) is 14.5. The molecule has 6 heteroatoms. The largest absolute Gasteiger partial charge is 0.495 e. The highest BCUT2D eigenvalue weighted by atomic mass is 16.5. The monoisotopic (exact) mass is 357 g/mol. The standard InChI is InChI=1S/C21H15N3O3/c1-26-15-7-14-8-16(20(25)19(14)23-11-15)12-4-5-18-17(9-12)24-21(27-18)13-3-2-6-22-10-13/h2-7,9-11,16H,8H2,1H3. The highest BCUT2D eigenvalue weighted by Crippen LogP contribution is 2.36. The average Bonchev–Trinajstić information content (AvgIpc) is 3.29. The fourth-order valence-corrected chi connectivity index (χ4v) is 3.50. The molecule has 1 aromatic carbocycles. The summed E-state index contributed by atoms with van der Waals surface area (Å²) in [7, 11) is 1.59. The molecule has 3 heterocycles. The van der Waals surface area contributed by atoms with E-state index in [-0.39, 0.29) is 11.7 Å². The molecule has 1 aliphatic carbocycles. The van der Waals surface area contributed by atoms with E-state index in [0.29, 0.717) is 29.3 Å². The number of pyridine rings is 2. The van der Waals surface area contributed by atoms with Gasteiger partial charge in [-0.2, -0.15) is 0 Å². The maximum atomic E-state index is 12.8. The Hall–Kier alpha value is -3.54. The molecule has 0 saturated carbocycles. The molecule has 5 rings (SSSR count). The van der Waals surface area contributed by atoms with Crippen LogP contribution in [0, 0.1) is 0 Å². The number of methoxy groups -OCH3 is 1. The van der Waals surface area contributed by atoms with Gasteiger partial charge in [0.15, 0.2) is 11.4 Å². The number of hydrogen-bond acceptors (Lipinski definition) is 6. The number of Topliss-reactive ketones (excluding diaryl/α,β-unsaturated/α-hetero) is 1. The van der Waals surface area contributed by atoms with Gasteiger partial charge in [0.1, 0.15) is 17.0 Å². The molecular weight excluding hydrogens is 342 g/mol. The Morgan fingerprint density at radius 3 is 2.93 bits per heavy atom. The van der Waals surface area contributed by atoms with Crippen molar-refractivity contribution in [2.24, 2.45) is 0 Å². The van der Waals surface area contributed by atoms with Crippen molar-refractivity contribution in [3.05, 3.63) is 71.8 Å². The van der Waals surface area contributed by atoms with E-state index in [9.17, 15) is 4.79 Å². The first kappa shape index (κ1) is 15.7. The Bertz CT molecular complexity index is 1170. The van der Waals surface area contributed by atoms with Crippen LogP contribution < -0.4 is 4.74 Å². The van der Waals surface area contributed by atoms with Crippen LogP contribution in [0.1, 0.15) is 27.5 Å². The minimum Gasteiger partial charge on any atom is -0.495 e. The van der Waals surface area contributed by atoms with E-state index in [2.05, 4.69) is 15.0 Å². The third kappa shape index (κ3) is 2.57. The second kappa shape index (κ2) is 6.02. The molecule has 1 unspecified atom stereocenters. The van der Waals surface area contributed by atoms with Gasteiger partial charge in [0.05, 0.1) is 24.8 Å². The molecular formula is C21H15N3O3. The van der Waals surface area contributed by atoms with Crippen LogP contribution in [0.15, 0.2) is 59.4 Å². The summed E-state index contributed by atoms with van der Waals surface area (Å²) in [5.41, 5.74) is 4.57. The van der Waals surface area contributed by atoms with Crippen LogP contribution in [0.2, 0.25) is 0 Å². The summed E-state index contributed by atoms with van der Waals surface area (Å²) < 4.78 is 11.0. The topological polar surface area (TPSA) is 78.1 Å². The maximum Gasteiger partial charge on any atom is 0.228 e. The number of fused-ring (bicyclic) bond motifs is 2. The van der Waals surface area contributed by atoms with E-state index >= 15 is 0 Å². The van der Waals surface area contributed by atoms with Crippen molar-refractivity contribution in [3.63, 3.8) is 0 Å². The SMILES string of the molecule is COc1cnc2c(c1)CC(c1ccc3oc(-c4cccnc4)nc3c1)C2=O. The van der Waals surface area contributed by atoms with E-state index in [1.54, 1.807) is 25.7 Å². The smallest absolute Gasteiger partial charge is 0.228 e. The third-order valence-corrected chi connectivity index (χ3v) is 4.87. The first-order valence-corrected chi connectivity index (χ1v) is 8.61. The van der Waals surface area contributed by atoms with Crippen LogP contribution in [-0.2, 0) is 6.42 Å². The summed E-state index contributed by atoms with van der Waals surface area (Å²) in [5, 5.41) is 0. The lowest BCUT2D eigenvalue weighted by Gasteiger charge is -2.07. The van der Waals surface area contributed by atoms with E-state index < -0.39 is 0 Å². The van der Waals surface area contributed by atoms with E-state index in [1.807, 2.05) is 36.4 Å². The number of ether oxygens (including phenoxy) is 1. The molecule has 4 aromatic rings. The number of benzene rings is 1. The maximum absolute atomic E-state index is 12.8. The average molecular weight is 357 g/mol. The van der Waals surface area contributed by atoms with Gasteiger partial charge in [-0.05, 0) is 47.9 Å². The Labute approximate surface area is 154 Å². The van der Waals surface area contributed by atoms with Crippen LogP contribution in [0.4, 0.5) is 0 Å². The second-order valence-corrected chi connectivity index (χ2v) is 6.49. The van der Waals surface area contributed by atoms with Crippen molar-refractivity contribution in [3.8, 4) is 17.2 Å². The van der Waals surface area contributed by atoms with Gasteiger partial charge < -0.3 is 9.15 Å². The number of carbonyl (C=O) groups excluding carboxylic acids is 1. The number of ketones is 1. The van der Waals surface area contributed by atoms with Gasteiger partial charge in [-0.1, -0.05) is 6.07 Å². The number of carbonyl (C=O) groups is 1. The summed E-state index contributed by atoms with van der Waals surface area (Å²) in [6.45, 7) is 0. The minimum atomic E-state index is -0.262. The summed E-state index contributed by atoms with van der Waals surface area (Å²) in [6, 6.07) is 11.3. The Kier molecular flexibility index (Phi) is 3.50. The zero-order valence-corrected chi connectivity index (χ0v) is 14.5. The first-order valence-electron chi connectivity index (χ1n) is 8.61.